The molecule has 0 spiro atoms. The fourth-order valence-electron chi connectivity index (χ4n) is 2.90. The number of aromatic nitrogens is 2. The Kier molecular flexibility index (Phi) is 6.29. The maximum atomic E-state index is 13.1. The van der Waals surface area contributed by atoms with Crippen LogP contribution in [0.2, 0.25) is 0 Å². The topological polar surface area (TPSA) is 73.7 Å². The maximum Gasteiger partial charge on any atom is 0.325 e. The number of carbonyl (C=O) groups is 2. The van der Waals surface area contributed by atoms with Gasteiger partial charge in [0, 0.05) is 18.8 Å². The van der Waals surface area contributed by atoms with E-state index in [-0.39, 0.29) is 19.1 Å². The Hall–Kier alpha value is -3.61. The van der Waals surface area contributed by atoms with E-state index in [9.17, 15) is 9.59 Å². The van der Waals surface area contributed by atoms with Crippen molar-refractivity contribution in [2.75, 3.05) is 27.3 Å². The molecule has 0 bridgehead atoms. The lowest BCUT2D eigenvalue weighted by atomic mass is 10.1. The van der Waals surface area contributed by atoms with Gasteiger partial charge in [0.1, 0.15) is 18.0 Å². The van der Waals surface area contributed by atoms with E-state index >= 15 is 0 Å². The van der Waals surface area contributed by atoms with Gasteiger partial charge >= 0.3 is 5.97 Å². The highest BCUT2D eigenvalue weighted by atomic mass is 16.5. The zero-order valence-electron chi connectivity index (χ0n) is 16.7. The number of nitrogens with zero attached hydrogens (tertiary/aromatic N) is 3. The summed E-state index contributed by atoms with van der Waals surface area (Å²) in [7, 11) is 3.15. The molecule has 0 atom stereocenters. The van der Waals surface area contributed by atoms with Crippen molar-refractivity contribution >= 4 is 11.9 Å². The summed E-state index contributed by atoms with van der Waals surface area (Å²) in [6.07, 6.45) is 1.67. The van der Waals surface area contributed by atoms with Crippen molar-refractivity contribution in [1.29, 1.82) is 0 Å². The van der Waals surface area contributed by atoms with Gasteiger partial charge in [0.15, 0.2) is 0 Å². The second-order valence-corrected chi connectivity index (χ2v) is 6.37. The third-order valence-corrected chi connectivity index (χ3v) is 4.33. The zero-order valence-corrected chi connectivity index (χ0v) is 16.7. The molecule has 0 fully saturated rings. The van der Waals surface area contributed by atoms with Gasteiger partial charge in [-0.25, -0.2) is 4.68 Å². The number of rotatable bonds is 7. The van der Waals surface area contributed by atoms with Crippen LogP contribution in [0.3, 0.4) is 0 Å². The Morgan fingerprint density at radius 1 is 1.10 bits per heavy atom. The van der Waals surface area contributed by atoms with Crippen LogP contribution in [0.4, 0.5) is 0 Å². The monoisotopic (exact) mass is 393 g/mol. The molecule has 29 heavy (non-hydrogen) atoms. The summed E-state index contributed by atoms with van der Waals surface area (Å²) < 4.78 is 11.9. The molecule has 2 aromatic carbocycles. The summed E-state index contributed by atoms with van der Waals surface area (Å²) >= 11 is 0. The lowest BCUT2D eigenvalue weighted by Crippen LogP contribution is -2.33. The first-order valence-corrected chi connectivity index (χ1v) is 9.24. The smallest absolute Gasteiger partial charge is 0.325 e. The highest BCUT2D eigenvalue weighted by Crippen LogP contribution is 2.27. The third-order valence-electron chi connectivity index (χ3n) is 4.33. The minimum Gasteiger partial charge on any atom is -0.497 e. The summed E-state index contributed by atoms with van der Waals surface area (Å²) in [5, 5.41) is 4.64. The molecule has 0 saturated heterocycles. The first kappa shape index (κ1) is 20.1. The minimum absolute atomic E-state index is 0.138. The highest BCUT2D eigenvalue weighted by Gasteiger charge is 2.23. The Bertz CT molecular complexity index is 998. The van der Waals surface area contributed by atoms with Crippen LogP contribution in [0.15, 0.2) is 60.8 Å². The minimum atomic E-state index is -0.457. The molecule has 1 amide bonds. The fourth-order valence-corrected chi connectivity index (χ4v) is 2.90. The zero-order chi connectivity index (χ0) is 20.8. The normalized spacial score (nSPS) is 10.4. The van der Waals surface area contributed by atoms with Crippen molar-refractivity contribution in [2.45, 2.75) is 6.92 Å². The molecule has 0 saturated carbocycles. The Morgan fingerprint density at radius 3 is 2.55 bits per heavy atom. The molecule has 0 radical (unpaired) electrons. The Morgan fingerprint density at radius 2 is 1.86 bits per heavy atom. The third kappa shape index (κ3) is 4.63. The predicted octanol–water partition coefficient (Wildman–Crippen LogP) is 3.18. The Balaban J connectivity index is 2.03. The molecule has 7 heteroatoms. The molecule has 0 unspecified atom stereocenters. The van der Waals surface area contributed by atoms with Gasteiger partial charge in [-0.2, -0.15) is 5.10 Å². The molecule has 1 heterocycles. The summed E-state index contributed by atoms with van der Waals surface area (Å²) in [6, 6.07) is 16.9. The van der Waals surface area contributed by atoms with E-state index in [1.165, 1.54) is 4.90 Å². The fraction of sp³-hybridized carbons (Fsp3) is 0.227. The summed E-state index contributed by atoms with van der Waals surface area (Å²) in [5.74, 6) is -0.116. The predicted molar refractivity (Wildman–Crippen MR) is 109 cm³/mol. The van der Waals surface area contributed by atoms with E-state index in [4.69, 9.17) is 9.47 Å². The van der Waals surface area contributed by atoms with Crippen LogP contribution in [0, 0.1) is 0 Å². The lowest BCUT2D eigenvalue weighted by Gasteiger charge is -2.16. The van der Waals surface area contributed by atoms with E-state index in [1.807, 2.05) is 54.6 Å². The number of methoxy groups -OCH3 is 1. The molecular formula is C22H23N3O4. The van der Waals surface area contributed by atoms with Gasteiger partial charge in [-0.1, -0.05) is 30.3 Å². The molecular weight excluding hydrogens is 370 g/mol. The quantitative estimate of drug-likeness (QED) is 0.577. The summed E-state index contributed by atoms with van der Waals surface area (Å²) in [4.78, 5) is 26.2. The van der Waals surface area contributed by atoms with Crippen molar-refractivity contribution in [3.8, 4) is 22.7 Å². The van der Waals surface area contributed by atoms with Crippen molar-refractivity contribution < 1.29 is 19.1 Å². The van der Waals surface area contributed by atoms with Crippen LogP contribution in [0.5, 0.6) is 5.75 Å². The van der Waals surface area contributed by atoms with Gasteiger partial charge in [0.25, 0.3) is 5.91 Å². The number of ether oxygens (including phenoxy) is 2. The molecule has 0 aliphatic heterocycles. The van der Waals surface area contributed by atoms with Gasteiger partial charge < -0.3 is 14.4 Å². The van der Waals surface area contributed by atoms with Crippen molar-refractivity contribution in [3.05, 3.63) is 66.4 Å². The van der Waals surface area contributed by atoms with Crippen LogP contribution in [0.1, 0.15) is 17.3 Å². The van der Waals surface area contributed by atoms with E-state index in [0.717, 1.165) is 11.3 Å². The molecule has 1 aromatic heterocycles. The summed E-state index contributed by atoms with van der Waals surface area (Å²) in [5.41, 5.74) is 2.46. The number of hydrogen-bond acceptors (Lipinski definition) is 5. The molecule has 0 N–H and O–H groups in total. The number of likely N-dealkylation sites (N-methyl/N-ethyl adjacent to an activating group) is 1. The molecule has 3 rings (SSSR count). The first-order valence-electron chi connectivity index (χ1n) is 9.24. The van der Waals surface area contributed by atoms with Crippen LogP contribution < -0.4 is 4.74 Å². The molecule has 150 valence electrons. The second kappa shape index (κ2) is 9.05. The van der Waals surface area contributed by atoms with E-state index in [1.54, 1.807) is 32.0 Å². The SMILES string of the molecule is CCOC(=O)CN(C)C(=O)c1cn(-c2ccccc2)nc1-c1cccc(OC)c1. The molecule has 3 aromatic rings. The maximum absolute atomic E-state index is 13.1. The Labute approximate surface area is 169 Å². The van der Waals surface area contributed by atoms with Gasteiger partial charge in [-0.15, -0.1) is 0 Å². The van der Waals surface area contributed by atoms with E-state index < -0.39 is 5.97 Å². The van der Waals surface area contributed by atoms with Crippen LogP contribution in [-0.4, -0.2) is 53.9 Å². The number of benzene rings is 2. The average Bonchev–Trinajstić information content (AvgIpc) is 3.19. The van der Waals surface area contributed by atoms with E-state index in [2.05, 4.69) is 5.10 Å². The highest BCUT2D eigenvalue weighted by molar-refractivity contribution is 6.01. The number of esters is 1. The number of carbonyl (C=O) groups excluding carboxylic acids is 2. The van der Waals surface area contributed by atoms with Crippen molar-refractivity contribution in [3.63, 3.8) is 0 Å². The largest absolute Gasteiger partial charge is 0.497 e. The number of amides is 1. The van der Waals surface area contributed by atoms with Crippen molar-refractivity contribution in [1.82, 2.24) is 14.7 Å². The van der Waals surface area contributed by atoms with Gasteiger partial charge in [0.2, 0.25) is 0 Å². The molecule has 7 nitrogen and oxygen atoms in total. The average molecular weight is 393 g/mol. The van der Waals surface area contributed by atoms with Gasteiger partial charge in [0.05, 0.1) is 25.0 Å². The van der Waals surface area contributed by atoms with Crippen LogP contribution in [0.25, 0.3) is 16.9 Å². The van der Waals surface area contributed by atoms with Crippen LogP contribution in [-0.2, 0) is 9.53 Å². The van der Waals surface area contributed by atoms with Gasteiger partial charge in [-0.05, 0) is 31.2 Å². The number of para-hydroxylation sites is 1. The van der Waals surface area contributed by atoms with Crippen molar-refractivity contribution in [2.24, 2.45) is 0 Å². The second-order valence-electron chi connectivity index (χ2n) is 6.37. The van der Waals surface area contributed by atoms with Gasteiger partial charge in [-0.3, -0.25) is 9.59 Å². The summed E-state index contributed by atoms with van der Waals surface area (Å²) in [6.45, 7) is 1.85. The van der Waals surface area contributed by atoms with Crippen LogP contribution >= 0.6 is 0 Å². The number of hydrogen-bond donors (Lipinski definition) is 0. The molecule has 0 aliphatic carbocycles. The first-order chi connectivity index (χ1) is 14.0. The lowest BCUT2D eigenvalue weighted by molar-refractivity contribution is -0.143. The van der Waals surface area contributed by atoms with E-state index in [0.29, 0.717) is 17.0 Å². The standard InChI is InChI=1S/C22H23N3O4/c1-4-29-20(26)15-24(2)22(27)19-14-25(17-10-6-5-7-11-17)23-21(19)16-9-8-12-18(13-16)28-3/h5-14H,4,15H2,1-3H3. The molecule has 0 aliphatic rings.